The predicted octanol–water partition coefficient (Wildman–Crippen LogP) is 3.30. The zero-order chi connectivity index (χ0) is 14.7. The lowest BCUT2D eigenvalue weighted by molar-refractivity contribution is 0.178. The van der Waals surface area contributed by atoms with Crippen molar-refractivity contribution in [1.29, 1.82) is 0 Å². The molecule has 0 amide bonds. The molecule has 0 aromatic heterocycles. The van der Waals surface area contributed by atoms with Gasteiger partial charge in [-0.3, -0.25) is 0 Å². The third-order valence-corrected chi connectivity index (χ3v) is 3.88. The summed E-state index contributed by atoms with van der Waals surface area (Å²) < 4.78 is 10.8. The van der Waals surface area contributed by atoms with Crippen molar-refractivity contribution in [1.82, 2.24) is 0 Å². The smallest absolute Gasteiger partial charge is 0.122 e. The lowest BCUT2D eigenvalue weighted by Gasteiger charge is -2.19. The van der Waals surface area contributed by atoms with E-state index in [-0.39, 0.29) is 0 Å². The number of benzene rings is 2. The van der Waals surface area contributed by atoms with Gasteiger partial charge in [0.05, 0.1) is 19.8 Å². The van der Waals surface area contributed by atoms with Crippen LogP contribution in [0.1, 0.15) is 29.2 Å². The lowest BCUT2D eigenvalue weighted by atomic mass is 9.97. The molecule has 3 nitrogen and oxygen atoms in total. The lowest BCUT2D eigenvalue weighted by Crippen LogP contribution is -2.10. The van der Waals surface area contributed by atoms with E-state index in [1.807, 2.05) is 36.4 Å². The van der Waals surface area contributed by atoms with Gasteiger partial charge in [0.25, 0.3) is 0 Å². The molecule has 0 bridgehead atoms. The summed E-state index contributed by atoms with van der Waals surface area (Å²) in [6.07, 6.45) is 2.14. The van der Waals surface area contributed by atoms with Gasteiger partial charge in [-0.2, -0.15) is 0 Å². The van der Waals surface area contributed by atoms with Crippen molar-refractivity contribution in [3.63, 3.8) is 0 Å². The van der Waals surface area contributed by atoms with Crippen LogP contribution in [0, 0.1) is 0 Å². The van der Waals surface area contributed by atoms with Gasteiger partial charge in [-0.1, -0.05) is 18.2 Å². The normalized spacial score (nSPS) is 15.0. The Bertz CT molecular complexity index is 622. The predicted molar refractivity (Wildman–Crippen MR) is 81.9 cm³/mol. The monoisotopic (exact) mass is 284 g/mol. The van der Waals surface area contributed by atoms with Crippen molar-refractivity contribution in [3.8, 4) is 11.5 Å². The molecule has 0 saturated heterocycles. The molecule has 110 valence electrons. The van der Waals surface area contributed by atoms with Crippen LogP contribution in [-0.4, -0.2) is 18.8 Å². The number of ether oxygens (including phenoxy) is 2. The third-order valence-electron chi connectivity index (χ3n) is 3.88. The molecule has 0 saturated carbocycles. The van der Waals surface area contributed by atoms with Crippen LogP contribution in [0.15, 0.2) is 42.5 Å². The van der Waals surface area contributed by atoms with Crippen LogP contribution in [0.4, 0.5) is 0 Å². The van der Waals surface area contributed by atoms with Gasteiger partial charge in [-0.15, -0.1) is 0 Å². The van der Waals surface area contributed by atoms with Gasteiger partial charge in [-0.05, 0) is 53.8 Å². The molecule has 1 aliphatic rings. The number of hydrogen-bond donors (Lipinski definition) is 1. The van der Waals surface area contributed by atoms with E-state index in [1.54, 1.807) is 7.11 Å². The zero-order valence-electron chi connectivity index (χ0n) is 12.2. The fourth-order valence-electron chi connectivity index (χ4n) is 2.73. The topological polar surface area (TPSA) is 38.7 Å². The van der Waals surface area contributed by atoms with Gasteiger partial charge in [-0.25, -0.2) is 0 Å². The summed E-state index contributed by atoms with van der Waals surface area (Å²) in [5.74, 6) is 1.78. The minimum absolute atomic E-state index is 0.510. The molecule has 2 aromatic rings. The molecule has 1 N–H and O–H groups in total. The summed E-state index contributed by atoms with van der Waals surface area (Å²) in [6, 6.07) is 13.8. The van der Waals surface area contributed by atoms with E-state index in [4.69, 9.17) is 9.47 Å². The number of aliphatic hydroxyl groups excluding tert-OH is 1. The highest BCUT2D eigenvalue weighted by atomic mass is 16.5. The first-order valence-corrected chi connectivity index (χ1v) is 7.33. The SMILES string of the molecule is COc1cccc(CC(O)c2ccc3c(c2)CCCO3)c1. The van der Waals surface area contributed by atoms with E-state index < -0.39 is 6.10 Å². The van der Waals surface area contributed by atoms with Crippen LogP contribution in [-0.2, 0) is 12.8 Å². The first kappa shape index (κ1) is 14.0. The summed E-state index contributed by atoms with van der Waals surface area (Å²) in [5, 5.41) is 10.5. The molecule has 1 unspecified atom stereocenters. The highest BCUT2D eigenvalue weighted by Crippen LogP contribution is 2.29. The number of fused-ring (bicyclic) bond motifs is 1. The van der Waals surface area contributed by atoms with Gasteiger partial charge in [0.2, 0.25) is 0 Å². The van der Waals surface area contributed by atoms with Gasteiger partial charge in [0.1, 0.15) is 11.5 Å². The molecule has 1 heterocycles. The highest BCUT2D eigenvalue weighted by Gasteiger charge is 2.15. The number of rotatable bonds is 4. The number of hydrogen-bond acceptors (Lipinski definition) is 3. The van der Waals surface area contributed by atoms with Crippen molar-refractivity contribution >= 4 is 0 Å². The molecule has 1 atom stereocenters. The Balaban J connectivity index is 1.76. The Morgan fingerprint density at radius 2 is 2.14 bits per heavy atom. The molecular formula is C18H20O3. The van der Waals surface area contributed by atoms with Crippen LogP contribution in [0.2, 0.25) is 0 Å². The van der Waals surface area contributed by atoms with E-state index >= 15 is 0 Å². The van der Waals surface area contributed by atoms with Crippen molar-refractivity contribution < 1.29 is 14.6 Å². The van der Waals surface area contributed by atoms with Crippen LogP contribution >= 0.6 is 0 Å². The molecular weight excluding hydrogens is 264 g/mol. The summed E-state index contributed by atoms with van der Waals surface area (Å²) in [7, 11) is 1.65. The third kappa shape index (κ3) is 3.19. The summed E-state index contributed by atoms with van der Waals surface area (Å²) in [5.41, 5.74) is 3.21. The number of aryl methyl sites for hydroxylation is 1. The minimum Gasteiger partial charge on any atom is -0.497 e. The molecule has 3 heteroatoms. The van der Waals surface area contributed by atoms with E-state index in [9.17, 15) is 5.11 Å². The second kappa shape index (κ2) is 6.19. The maximum Gasteiger partial charge on any atom is 0.122 e. The van der Waals surface area contributed by atoms with Crippen LogP contribution in [0.5, 0.6) is 11.5 Å². The van der Waals surface area contributed by atoms with Crippen LogP contribution in [0.3, 0.4) is 0 Å². The minimum atomic E-state index is -0.510. The molecule has 0 aliphatic carbocycles. The second-order valence-corrected chi connectivity index (χ2v) is 5.39. The van der Waals surface area contributed by atoms with Gasteiger partial charge >= 0.3 is 0 Å². The van der Waals surface area contributed by atoms with E-state index in [2.05, 4.69) is 6.07 Å². The molecule has 21 heavy (non-hydrogen) atoms. The number of aliphatic hydroxyl groups is 1. The number of methoxy groups -OCH3 is 1. The molecule has 0 spiro atoms. The Labute approximate surface area is 125 Å². The second-order valence-electron chi connectivity index (χ2n) is 5.39. The average molecular weight is 284 g/mol. The molecule has 1 aliphatic heterocycles. The van der Waals surface area contributed by atoms with Gasteiger partial charge in [0, 0.05) is 6.42 Å². The molecule has 0 fully saturated rings. The largest absolute Gasteiger partial charge is 0.497 e. The van der Waals surface area contributed by atoms with Gasteiger partial charge in [0.15, 0.2) is 0 Å². The Kier molecular flexibility index (Phi) is 4.11. The first-order valence-electron chi connectivity index (χ1n) is 7.33. The average Bonchev–Trinajstić information content (AvgIpc) is 2.54. The van der Waals surface area contributed by atoms with Crippen molar-refractivity contribution in [3.05, 3.63) is 59.2 Å². The maximum atomic E-state index is 10.5. The fourth-order valence-corrected chi connectivity index (χ4v) is 2.73. The Morgan fingerprint density at radius 3 is 3.00 bits per heavy atom. The molecule has 0 radical (unpaired) electrons. The van der Waals surface area contributed by atoms with Crippen LogP contribution in [0.25, 0.3) is 0 Å². The highest BCUT2D eigenvalue weighted by molar-refractivity contribution is 5.40. The standard InChI is InChI=1S/C18H20O3/c1-20-16-6-2-4-13(10-16)11-17(19)14-7-8-18-15(12-14)5-3-9-21-18/h2,4,6-8,10,12,17,19H,3,5,9,11H2,1H3. The van der Waals surface area contributed by atoms with E-state index in [0.717, 1.165) is 42.1 Å². The van der Waals surface area contributed by atoms with Crippen molar-refractivity contribution in [2.24, 2.45) is 0 Å². The quantitative estimate of drug-likeness (QED) is 0.936. The van der Waals surface area contributed by atoms with Crippen molar-refractivity contribution in [2.45, 2.75) is 25.4 Å². The Morgan fingerprint density at radius 1 is 1.24 bits per heavy atom. The summed E-state index contributed by atoms with van der Waals surface area (Å²) in [6.45, 7) is 0.790. The maximum absolute atomic E-state index is 10.5. The zero-order valence-corrected chi connectivity index (χ0v) is 12.2. The Hall–Kier alpha value is -2.00. The summed E-state index contributed by atoms with van der Waals surface area (Å²) >= 11 is 0. The van der Waals surface area contributed by atoms with Crippen molar-refractivity contribution in [2.75, 3.05) is 13.7 Å². The fraction of sp³-hybridized carbons (Fsp3) is 0.333. The summed E-state index contributed by atoms with van der Waals surface area (Å²) in [4.78, 5) is 0. The first-order chi connectivity index (χ1) is 10.3. The molecule has 3 rings (SSSR count). The van der Waals surface area contributed by atoms with E-state index in [0.29, 0.717) is 6.42 Å². The van der Waals surface area contributed by atoms with Gasteiger partial charge < -0.3 is 14.6 Å². The van der Waals surface area contributed by atoms with E-state index in [1.165, 1.54) is 5.56 Å². The van der Waals surface area contributed by atoms with Crippen LogP contribution < -0.4 is 9.47 Å². The molecule has 2 aromatic carbocycles.